The highest BCUT2D eigenvalue weighted by molar-refractivity contribution is 7.99. The predicted octanol–water partition coefficient (Wildman–Crippen LogP) is 5.02. The van der Waals surface area contributed by atoms with E-state index in [0.717, 1.165) is 23.4 Å². The van der Waals surface area contributed by atoms with Crippen LogP contribution >= 0.6 is 11.8 Å². The summed E-state index contributed by atoms with van der Waals surface area (Å²) >= 11 is 1.36. The third kappa shape index (κ3) is 5.85. The molecule has 1 aromatic heterocycles. The Kier molecular flexibility index (Phi) is 7.45. The van der Waals surface area contributed by atoms with Crippen molar-refractivity contribution in [3.8, 4) is 0 Å². The topological polar surface area (TPSA) is 62.3 Å². The number of thioether (sulfide) groups is 1. The summed E-state index contributed by atoms with van der Waals surface area (Å²) in [5.74, 6) is -0.313. The van der Waals surface area contributed by atoms with E-state index < -0.39 is 23.2 Å². The van der Waals surface area contributed by atoms with Crippen molar-refractivity contribution >= 4 is 23.6 Å². The third-order valence-corrected chi connectivity index (χ3v) is 7.09. The molecule has 1 aliphatic heterocycles. The molecular formula is C26H24F3N3O2S. The second-order valence-electron chi connectivity index (χ2n) is 8.26. The Morgan fingerprint density at radius 1 is 1.06 bits per heavy atom. The maximum absolute atomic E-state index is 13.5. The van der Waals surface area contributed by atoms with Crippen molar-refractivity contribution in [2.75, 3.05) is 12.3 Å². The lowest BCUT2D eigenvalue weighted by atomic mass is 10.1. The number of carbonyl (C=O) groups excluding carboxylic acids is 2. The second-order valence-corrected chi connectivity index (χ2v) is 9.37. The van der Waals surface area contributed by atoms with Crippen LogP contribution in [0, 0.1) is 6.92 Å². The van der Waals surface area contributed by atoms with Gasteiger partial charge in [-0.05, 0) is 48.9 Å². The van der Waals surface area contributed by atoms with Crippen molar-refractivity contribution in [2.24, 2.45) is 0 Å². The summed E-state index contributed by atoms with van der Waals surface area (Å²) in [6.45, 7) is 2.26. The summed E-state index contributed by atoms with van der Waals surface area (Å²) in [5.41, 5.74) is 2.02. The molecule has 182 valence electrons. The van der Waals surface area contributed by atoms with Crippen molar-refractivity contribution in [1.29, 1.82) is 0 Å². The molecule has 0 radical (unpaired) electrons. The zero-order chi connectivity index (χ0) is 25.0. The molecule has 1 aliphatic rings. The van der Waals surface area contributed by atoms with E-state index in [4.69, 9.17) is 0 Å². The molecule has 2 amide bonds. The fourth-order valence-electron chi connectivity index (χ4n) is 3.87. The van der Waals surface area contributed by atoms with Crippen molar-refractivity contribution in [3.63, 3.8) is 0 Å². The zero-order valence-corrected chi connectivity index (χ0v) is 19.8. The molecule has 4 rings (SSSR count). The highest BCUT2D eigenvalue weighted by Crippen LogP contribution is 2.43. The van der Waals surface area contributed by atoms with Crippen molar-refractivity contribution in [1.82, 2.24) is 15.2 Å². The second kappa shape index (κ2) is 10.5. The highest BCUT2D eigenvalue weighted by atomic mass is 32.2. The molecule has 0 aliphatic carbocycles. The average Bonchev–Trinajstić information content (AvgIpc) is 3.29. The van der Waals surface area contributed by atoms with Gasteiger partial charge in [0.2, 0.25) is 5.91 Å². The van der Waals surface area contributed by atoms with E-state index in [0.29, 0.717) is 29.8 Å². The Morgan fingerprint density at radius 2 is 1.77 bits per heavy atom. The van der Waals surface area contributed by atoms with Crippen LogP contribution in [0.1, 0.15) is 38.1 Å². The fourth-order valence-corrected chi connectivity index (χ4v) is 5.30. The minimum atomic E-state index is -4.45. The molecule has 35 heavy (non-hydrogen) atoms. The van der Waals surface area contributed by atoms with Crippen LogP contribution in [-0.4, -0.2) is 40.0 Å². The number of rotatable bonds is 6. The van der Waals surface area contributed by atoms with Gasteiger partial charge in [0.15, 0.2) is 0 Å². The minimum Gasteiger partial charge on any atom is -0.354 e. The lowest BCUT2D eigenvalue weighted by molar-refractivity contribution is -0.137. The minimum absolute atomic E-state index is 0.302. The van der Waals surface area contributed by atoms with Crippen LogP contribution in [0.25, 0.3) is 0 Å². The highest BCUT2D eigenvalue weighted by Gasteiger charge is 2.42. The number of benzene rings is 2. The van der Waals surface area contributed by atoms with E-state index in [2.05, 4.69) is 10.3 Å². The Balaban J connectivity index is 1.56. The van der Waals surface area contributed by atoms with Crippen LogP contribution in [0.5, 0.6) is 0 Å². The van der Waals surface area contributed by atoms with Gasteiger partial charge in [-0.1, -0.05) is 35.9 Å². The summed E-state index contributed by atoms with van der Waals surface area (Å²) in [4.78, 5) is 32.4. The smallest absolute Gasteiger partial charge is 0.354 e. The predicted molar refractivity (Wildman–Crippen MR) is 129 cm³/mol. The maximum Gasteiger partial charge on any atom is 0.416 e. The molecule has 1 fully saturated rings. The molecule has 0 bridgehead atoms. The molecule has 1 saturated heterocycles. The first kappa shape index (κ1) is 24.8. The van der Waals surface area contributed by atoms with Gasteiger partial charge < -0.3 is 10.2 Å². The number of aryl methyl sites for hydroxylation is 1. The number of amides is 2. The maximum atomic E-state index is 13.5. The molecule has 2 aromatic carbocycles. The fraction of sp³-hybridized carbons (Fsp3) is 0.269. The lowest BCUT2D eigenvalue weighted by Gasteiger charge is -2.29. The first-order valence-corrected chi connectivity index (χ1v) is 12.1. The number of aromatic nitrogens is 1. The van der Waals surface area contributed by atoms with Gasteiger partial charge in [0.05, 0.1) is 5.56 Å². The number of halogens is 3. The van der Waals surface area contributed by atoms with E-state index in [1.165, 1.54) is 28.8 Å². The molecule has 0 saturated carbocycles. The number of carbonyl (C=O) groups is 2. The van der Waals surface area contributed by atoms with Gasteiger partial charge in [-0.2, -0.15) is 13.2 Å². The summed E-state index contributed by atoms with van der Waals surface area (Å²) in [6, 6.07) is 16.6. The van der Waals surface area contributed by atoms with Crippen LogP contribution < -0.4 is 5.32 Å². The van der Waals surface area contributed by atoms with Crippen LogP contribution in [0.3, 0.4) is 0 Å². The van der Waals surface area contributed by atoms with Crippen LogP contribution in [0.4, 0.5) is 13.2 Å². The Labute approximate surface area is 205 Å². The molecule has 2 heterocycles. The van der Waals surface area contributed by atoms with Crippen molar-refractivity contribution in [3.05, 3.63) is 101 Å². The average molecular weight is 500 g/mol. The Bertz CT molecular complexity index is 1170. The van der Waals surface area contributed by atoms with Gasteiger partial charge in [0.25, 0.3) is 5.91 Å². The molecule has 2 unspecified atom stereocenters. The number of nitrogens with one attached hydrogen (secondary N) is 1. The molecule has 1 N–H and O–H groups in total. The summed E-state index contributed by atoms with van der Waals surface area (Å²) in [6.07, 6.45) is -2.23. The number of pyridine rings is 1. The quantitative estimate of drug-likeness (QED) is 0.517. The van der Waals surface area contributed by atoms with E-state index in [9.17, 15) is 22.8 Å². The zero-order valence-electron chi connectivity index (χ0n) is 19.0. The first-order chi connectivity index (χ1) is 16.7. The van der Waals surface area contributed by atoms with Crippen LogP contribution in [0.2, 0.25) is 0 Å². The Morgan fingerprint density at radius 3 is 2.40 bits per heavy atom. The molecule has 2 atom stereocenters. The monoisotopic (exact) mass is 499 g/mol. The van der Waals surface area contributed by atoms with Gasteiger partial charge in [0, 0.05) is 36.2 Å². The number of hydrogen-bond donors (Lipinski definition) is 1. The van der Waals surface area contributed by atoms with Crippen molar-refractivity contribution < 1.29 is 22.8 Å². The van der Waals surface area contributed by atoms with Crippen molar-refractivity contribution in [2.45, 2.75) is 30.9 Å². The van der Waals surface area contributed by atoms with Gasteiger partial charge in [-0.15, -0.1) is 11.8 Å². The van der Waals surface area contributed by atoms with Crippen LogP contribution in [0.15, 0.2) is 72.9 Å². The van der Waals surface area contributed by atoms with Gasteiger partial charge in [-0.3, -0.25) is 14.6 Å². The van der Waals surface area contributed by atoms with Gasteiger partial charge in [0.1, 0.15) is 11.4 Å². The van der Waals surface area contributed by atoms with E-state index in [1.54, 1.807) is 18.3 Å². The molecular weight excluding hydrogens is 475 g/mol. The molecule has 3 aromatic rings. The third-order valence-electron chi connectivity index (χ3n) is 5.77. The standard InChI is InChI=1S/C26H24F3N3O2S/c1-17-5-7-18(8-6-17)24(34)32-22(23(33)31-15-13-21-4-2-3-14-30-21)16-35-25(32)19-9-11-20(12-10-19)26(27,28)29/h2-12,14,22,25H,13,15-16H2,1H3,(H,31,33). The summed E-state index contributed by atoms with van der Waals surface area (Å²) in [5, 5.41) is 2.30. The summed E-state index contributed by atoms with van der Waals surface area (Å²) < 4.78 is 39.1. The molecule has 5 nitrogen and oxygen atoms in total. The number of hydrogen-bond acceptors (Lipinski definition) is 4. The van der Waals surface area contributed by atoms with Crippen LogP contribution in [-0.2, 0) is 17.4 Å². The largest absolute Gasteiger partial charge is 0.416 e. The SMILES string of the molecule is Cc1ccc(C(=O)N2C(C(=O)NCCc3ccccn3)CSC2c2ccc(C(F)(F)F)cc2)cc1. The van der Waals surface area contributed by atoms with Gasteiger partial charge >= 0.3 is 6.18 Å². The van der Waals surface area contributed by atoms with E-state index >= 15 is 0 Å². The number of nitrogens with zero attached hydrogens (tertiary/aromatic N) is 2. The van der Waals surface area contributed by atoms with Gasteiger partial charge in [-0.25, -0.2) is 0 Å². The molecule has 9 heteroatoms. The van der Waals surface area contributed by atoms with E-state index in [1.807, 2.05) is 37.3 Å². The van der Waals surface area contributed by atoms with E-state index in [-0.39, 0.29) is 11.8 Å². The molecule has 0 spiro atoms. The first-order valence-electron chi connectivity index (χ1n) is 11.1. The number of alkyl halides is 3. The summed E-state index contributed by atoms with van der Waals surface area (Å²) in [7, 11) is 0. The lowest BCUT2D eigenvalue weighted by Crippen LogP contribution is -2.48. The Hall–Kier alpha value is -3.33. The normalized spacial score (nSPS) is 17.9.